The fourth-order valence-corrected chi connectivity index (χ4v) is 2.61. The molecule has 0 spiro atoms. The molecular weight excluding hydrogens is 158 g/mol. The lowest BCUT2D eigenvalue weighted by Gasteiger charge is -2.42. The zero-order chi connectivity index (χ0) is 9.26. The molecule has 0 bridgehead atoms. The van der Waals surface area contributed by atoms with Crippen LogP contribution in [0.4, 0.5) is 0 Å². The molecular formula is C12H19N. The van der Waals surface area contributed by atoms with Gasteiger partial charge in [0, 0.05) is 24.2 Å². The van der Waals surface area contributed by atoms with E-state index < -0.39 is 0 Å². The molecule has 1 heterocycles. The topological polar surface area (TPSA) is 3.24 Å². The van der Waals surface area contributed by atoms with Gasteiger partial charge in [0.15, 0.2) is 0 Å². The van der Waals surface area contributed by atoms with Crippen molar-refractivity contribution in [3.05, 3.63) is 23.9 Å². The molecule has 0 amide bonds. The highest BCUT2D eigenvalue weighted by Gasteiger charge is 2.28. The molecule has 72 valence electrons. The zero-order valence-electron chi connectivity index (χ0n) is 8.66. The molecule has 1 aliphatic heterocycles. The Labute approximate surface area is 81.1 Å². The molecule has 1 aliphatic carbocycles. The van der Waals surface area contributed by atoms with E-state index in [2.05, 4.69) is 37.0 Å². The van der Waals surface area contributed by atoms with E-state index >= 15 is 0 Å². The summed E-state index contributed by atoms with van der Waals surface area (Å²) in [5.41, 5.74) is 1.59. The minimum atomic E-state index is 0.749. The van der Waals surface area contributed by atoms with Gasteiger partial charge >= 0.3 is 0 Å². The number of hydrogen-bond donors (Lipinski definition) is 0. The van der Waals surface area contributed by atoms with Crippen LogP contribution in [-0.4, -0.2) is 17.5 Å². The van der Waals surface area contributed by atoms with E-state index in [0.29, 0.717) is 0 Å². The average molecular weight is 177 g/mol. The first-order valence-corrected chi connectivity index (χ1v) is 5.46. The van der Waals surface area contributed by atoms with Crippen LogP contribution >= 0.6 is 0 Å². The summed E-state index contributed by atoms with van der Waals surface area (Å²) in [6.07, 6.45) is 10.8. The fourth-order valence-electron chi connectivity index (χ4n) is 2.61. The van der Waals surface area contributed by atoms with Gasteiger partial charge in [-0.3, -0.25) is 0 Å². The van der Waals surface area contributed by atoms with Gasteiger partial charge in [-0.15, -0.1) is 0 Å². The smallest absolute Gasteiger partial charge is 0.0258 e. The molecule has 1 saturated heterocycles. The van der Waals surface area contributed by atoms with Crippen LogP contribution in [0.2, 0.25) is 0 Å². The standard InChI is InChI=1S/C12H19N/c1-3-13-10(2)8-9-11-6-4-5-7-12(11)13/h4-5,7,10-11H,3,6,8-9H2,1-2H3. The predicted molar refractivity (Wildman–Crippen MR) is 56.4 cm³/mol. The molecule has 0 aromatic heterocycles. The van der Waals surface area contributed by atoms with Crippen molar-refractivity contribution in [3.63, 3.8) is 0 Å². The van der Waals surface area contributed by atoms with Crippen LogP contribution in [0, 0.1) is 5.92 Å². The number of nitrogens with zero attached hydrogens (tertiary/aromatic N) is 1. The quantitative estimate of drug-likeness (QED) is 0.595. The van der Waals surface area contributed by atoms with E-state index in [9.17, 15) is 0 Å². The van der Waals surface area contributed by atoms with E-state index in [-0.39, 0.29) is 0 Å². The predicted octanol–water partition coefficient (Wildman–Crippen LogP) is 2.95. The second-order valence-corrected chi connectivity index (χ2v) is 4.16. The third-order valence-corrected chi connectivity index (χ3v) is 3.38. The first kappa shape index (κ1) is 8.86. The Morgan fingerprint density at radius 3 is 3.08 bits per heavy atom. The maximum atomic E-state index is 2.57. The number of likely N-dealkylation sites (tertiary alicyclic amines) is 1. The van der Waals surface area contributed by atoms with Crippen molar-refractivity contribution >= 4 is 0 Å². The second kappa shape index (κ2) is 3.57. The Morgan fingerprint density at radius 2 is 2.31 bits per heavy atom. The molecule has 2 aliphatic rings. The van der Waals surface area contributed by atoms with Crippen LogP contribution in [0.15, 0.2) is 23.9 Å². The highest BCUT2D eigenvalue weighted by Crippen LogP contribution is 2.35. The minimum absolute atomic E-state index is 0.749. The largest absolute Gasteiger partial charge is 0.372 e. The Morgan fingerprint density at radius 1 is 1.46 bits per heavy atom. The Balaban J connectivity index is 2.21. The lowest BCUT2D eigenvalue weighted by molar-refractivity contribution is 0.183. The van der Waals surface area contributed by atoms with Crippen LogP contribution < -0.4 is 0 Å². The molecule has 1 nitrogen and oxygen atoms in total. The number of hydrogen-bond acceptors (Lipinski definition) is 1. The van der Waals surface area contributed by atoms with E-state index in [1.807, 2.05) is 0 Å². The Kier molecular flexibility index (Phi) is 2.43. The van der Waals surface area contributed by atoms with Gasteiger partial charge in [0.1, 0.15) is 0 Å². The van der Waals surface area contributed by atoms with Gasteiger partial charge in [-0.25, -0.2) is 0 Å². The van der Waals surface area contributed by atoms with Crippen molar-refractivity contribution in [2.45, 2.75) is 39.2 Å². The van der Waals surface area contributed by atoms with Gasteiger partial charge in [-0.05, 0) is 39.2 Å². The number of rotatable bonds is 1. The maximum absolute atomic E-state index is 2.57. The first-order chi connectivity index (χ1) is 6.33. The van der Waals surface area contributed by atoms with E-state index in [0.717, 1.165) is 18.5 Å². The summed E-state index contributed by atoms with van der Waals surface area (Å²) >= 11 is 0. The van der Waals surface area contributed by atoms with E-state index in [4.69, 9.17) is 0 Å². The molecule has 0 aromatic carbocycles. The van der Waals surface area contributed by atoms with Crippen molar-refractivity contribution in [1.29, 1.82) is 0 Å². The normalized spacial score (nSPS) is 32.8. The summed E-state index contributed by atoms with van der Waals surface area (Å²) in [5.74, 6) is 0.821. The second-order valence-electron chi connectivity index (χ2n) is 4.16. The summed E-state index contributed by atoms with van der Waals surface area (Å²) in [7, 11) is 0. The highest BCUT2D eigenvalue weighted by molar-refractivity contribution is 5.22. The Bertz CT molecular complexity index is 240. The summed E-state index contributed by atoms with van der Waals surface area (Å²) < 4.78 is 0. The molecule has 0 N–H and O–H groups in total. The van der Waals surface area contributed by atoms with Gasteiger partial charge in [0.2, 0.25) is 0 Å². The van der Waals surface area contributed by atoms with Crippen molar-refractivity contribution in [1.82, 2.24) is 4.90 Å². The van der Waals surface area contributed by atoms with Crippen molar-refractivity contribution in [2.24, 2.45) is 5.92 Å². The van der Waals surface area contributed by atoms with Crippen LogP contribution in [0.1, 0.15) is 33.1 Å². The number of allylic oxidation sites excluding steroid dienone is 4. The SMILES string of the molecule is CCN1C2=CC=CCC2CCC1C. The third-order valence-electron chi connectivity index (χ3n) is 3.38. The van der Waals surface area contributed by atoms with Crippen LogP contribution in [0.5, 0.6) is 0 Å². The van der Waals surface area contributed by atoms with Gasteiger partial charge in [0.25, 0.3) is 0 Å². The molecule has 0 radical (unpaired) electrons. The molecule has 2 atom stereocenters. The summed E-state index contributed by atoms with van der Waals surface area (Å²) in [4.78, 5) is 2.57. The monoisotopic (exact) mass is 177 g/mol. The van der Waals surface area contributed by atoms with E-state index in [1.165, 1.54) is 19.3 Å². The Hall–Kier alpha value is -0.720. The summed E-state index contributed by atoms with van der Waals surface area (Å²) in [5, 5.41) is 0. The molecule has 1 fully saturated rings. The zero-order valence-corrected chi connectivity index (χ0v) is 8.66. The van der Waals surface area contributed by atoms with Crippen LogP contribution in [0.3, 0.4) is 0 Å². The van der Waals surface area contributed by atoms with E-state index in [1.54, 1.807) is 5.70 Å². The minimum Gasteiger partial charge on any atom is -0.372 e. The number of fused-ring (bicyclic) bond motifs is 1. The maximum Gasteiger partial charge on any atom is 0.0258 e. The molecule has 2 unspecified atom stereocenters. The number of piperidine rings is 1. The third kappa shape index (κ3) is 1.52. The highest BCUT2D eigenvalue weighted by atomic mass is 15.2. The molecule has 2 rings (SSSR count). The van der Waals surface area contributed by atoms with Crippen LogP contribution in [-0.2, 0) is 0 Å². The lowest BCUT2D eigenvalue weighted by atomic mass is 9.85. The van der Waals surface area contributed by atoms with Crippen molar-refractivity contribution in [3.8, 4) is 0 Å². The summed E-state index contributed by atoms with van der Waals surface area (Å²) in [6.45, 7) is 5.77. The van der Waals surface area contributed by atoms with Gasteiger partial charge < -0.3 is 4.90 Å². The summed E-state index contributed by atoms with van der Waals surface area (Å²) in [6, 6.07) is 0.749. The fraction of sp³-hybridized carbons (Fsp3) is 0.667. The lowest BCUT2D eigenvalue weighted by Crippen LogP contribution is -2.40. The van der Waals surface area contributed by atoms with Gasteiger partial charge in [-0.2, -0.15) is 0 Å². The molecule has 1 heteroatoms. The first-order valence-electron chi connectivity index (χ1n) is 5.46. The van der Waals surface area contributed by atoms with Crippen LogP contribution in [0.25, 0.3) is 0 Å². The molecule has 0 aromatic rings. The van der Waals surface area contributed by atoms with Crippen molar-refractivity contribution in [2.75, 3.05) is 6.54 Å². The van der Waals surface area contributed by atoms with Crippen molar-refractivity contribution < 1.29 is 0 Å². The van der Waals surface area contributed by atoms with Gasteiger partial charge in [-0.1, -0.05) is 12.2 Å². The van der Waals surface area contributed by atoms with Gasteiger partial charge in [0.05, 0.1) is 0 Å². The molecule has 13 heavy (non-hydrogen) atoms. The molecule has 0 saturated carbocycles. The average Bonchev–Trinajstić information content (AvgIpc) is 2.18.